The van der Waals surface area contributed by atoms with Crippen LogP contribution in [0.2, 0.25) is 0 Å². The number of halogens is 5. The van der Waals surface area contributed by atoms with Crippen LogP contribution in [0.15, 0.2) is 81.0 Å². The molecule has 0 bridgehead atoms. The van der Waals surface area contributed by atoms with Crippen LogP contribution in [-0.2, 0) is 6.18 Å². The van der Waals surface area contributed by atoms with E-state index in [-0.39, 0.29) is 10.5 Å². The molecule has 0 atom stereocenters. The summed E-state index contributed by atoms with van der Waals surface area (Å²) in [6, 6.07) is 16.2. The number of alkyl halides is 3. The van der Waals surface area contributed by atoms with E-state index in [0.717, 1.165) is 40.0 Å². The van der Waals surface area contributed by atoms with Crippen molar-refractivity contribution >= 4 is 39.6 Å². The zero-order valence-corrected chi connectivity index (χ0v) is 18.0. The smallest absolute Gasteiger partial charge is 0.288 e. The molecule has 0 saturated carbocycles. The molecule has 0 aliphatic carbocycles. The summed E-state index contributed by atoms with van der Waals surface area (Å²) in [7, 11) is 0. The van der Waals surface area contributed by atoms with Crippen LogP contribution in [-0.4, -0.2) is 5.78 Å². The molecule has 0 spiro atoms. The van der Waals surface area contributed by atoms with Gasteiger partial charge in [0.05, 0.1) is 10.5 Å². The number of rotatable bonds is 5. The van der Waals surface area contributed by atoms with E-state index in [4.69, 9.17) is 0 Å². The van der Waals surface area contributed by atoms with Gasteiger partial charge in [-0.2, -0.15) is 13.2 Å². The molecule has 0 fully saturated rings. The Morgan fingerprint density at radius 1 is 0.967 bits per heavy atom. The monoisotopic (exact) mass is 494 g/mol. The highest BCUT2D eigenvalue weighted by Gasteiger charge is 2.33. The fourth-order valence-corrected chi connectivity index (χ4v) is 3.85. The molecule has 3 aromatic carbocycles. The first-order valence-electron chi connectivity index (χ1n) is 8.77. The average molecular weight is 495 g/mol. The summed E-state index contributed by atoms with van der Waals surface area (Å²) in [5.74, 6) is -1.42. The highest BCUT2D eigenvalue weighted by molar-refractivity contribution is 9.10. The van der Waals surface area contributed by atoms with E-state index < -0.39 is 23.3 Å². The zero-order valence-electron chi connectivity index (χ0n) is 15.6. The fourth-order valence-electron chi connectivity index (χ4n) is 2.66. The van der Waals surface area contributed by atoms with Crippen molar-refractivity contribution in [2.75, 3.05) is 0 Å². The third-order valence-corrected chi connectivity index (χ3v) is 5.75. The first-order valence-corrected chi connectivity index (χ1v) is 10.4. The molecule has 154 valence electrons. The van der Waals surface area contributed by atoms with Crippen LogP contribution in [0.5, 0.6) is 0 Å². The maximum Gasteiger partial charge on any atom is 0.417 e. The number of aryl methyl sites for hydroxylation is 1. The van der Waals surface area contributed by atoms with E-state index in [2.05, 4.69) is 15.9 Å². The summed E-state index contributed by atoms with van der Waals surface area (Å²) in [5.41, 5.74) is -0.0566. The van der Waals surface area contributed by atoms with Gasteiger partial charge in [0.1, 0.15) is 5.82 Å². The lowest BCUT2D eigenvalue weighted by atomic mass is 10.0. The van der Waals surface area contributed by atoms with Crippen molar-refractivity contribution < 1.29 is 22.4 Å². The second-order valence-corrected chi connectivity index (χ2v) is 8.52. The molecule has 1 nitrogen and oxygen atoms in total. The number of carbonyl (C=O) groups is 1. The van der Waals surface area contributed by atoms with Crippen LogP contribution in [0, 0.1) is 12.7 Å². The van der Waals surface area contributed by atoms with Gasteiger partial charge in [-0.1, -0.05) is 51.5 Å². The molecule has 0 saturated heterocycles. The minimum Gasteiger partial charge on any atom is -0.288 e. The zero-order chi connectivity index (χ0) is 21.9. The molecule has 0 aliphatic heterocycles. The maximum atomic E-state index is 13.5. The Balaban J connectivity index is 2.10. The van der Waals surface area contributed by atoms with E-state index in [9.17, 15) is 22.4 Å². The molecule has 0 aromatic heterocycles. The quantitative estimate of drug-likeness (QED) is 0.155. The van der Waals surface area contributed by atoms with Crippen molar-refractivity contribution in [3.8, 4) is 0 Å². The maximum absolute atomic E-state index is 13.5. The Kier molecular flexibility index (Phi) is 6.83. The lowest BCUT2D eigenvalue weighted by Crippen LogP contribution is -2.09. The van der Waals surface area contributed by atoms with Gasteiger partial charge in [-0.3, -0.25) is 4.79 Å². The highest BCUT2D eigenvalue weighted by atomic mass is 79.9. The second kappa shape index (κ2) is 9.18. The van der Waals surface area contributed by atoms with Crippen LogP contribution in [0.25, 0.3) is 6.08 Å². The van der Waals surface area contributed by atoms with Gasteiger partial charge in [0.25, 0.3) is 0 Å². The summed E-state index contributed by atoms with van der Waals surface area (Å²) >= 11 is 4.35. The minimum absolute atomic E-state index is 0.0956. The van der Waals surface area contributed by atoms with Crippen molar-refractivity contribution in [1.82, 2.24) is 0 Å². The summed E-state index contributed by atoms with van der Waals surface area (Å²) < 4.78 is 54.5. The number of ketones is 1. The van der Waals surface area contributed by atoms with Gasteiger partial charge in [-0.05, 0) is 67.1 Å². The predicted molar refractivity (Wildman–Crippen MR) is 115 cm³/mol. The minimum atomic E-state index is -4.76. The first kappa shape index (κ1) is 22.3. The highest BCUT2D eigenvalue weighted by Crippen LogP contribution is 2.37. The van der Waals surface area contributed by atoms with Crippen molar-refractivity contribution in [2.45, 2.75) is 18.0 Å². The Labute approximate surface area is 183 Å². The third kappa shape index (κ3) is 5.61. The lowest BCUT2D eigenvalue weighted by Gasteiger charge is -2.13. The van der Waals surface area contributed by atoms with Crippen LogP contribution in [0.1, 0.15) is 27.0 Å². The summed E-state index contributed by atoms with van der Waals surface area (Å²) in [6.07, 6.45) is -3.59. The van der Waals surface area contributed by atoms with Crippen molar-refractivity contribution in [3.63, 3.8) is 0 Å². The molecule has 0 N–H and O–H groups in total. The van der Waals surface area contributed by atoms with E-state index >= 15 is 0 Å². The normalized spacial score (nSPS) is 12.1. The molecule has 30 heavy (non-hydrogen) atoms. The number of hydrogen-bond donors (Lipinski definition) is 0. The fraction of sp³-hybridized carbons (Fsp3) is 0.0870. The van der Waals surface area contributed by atoms with Crippen LogP contribution in [0.4, 0.5) is 17.6 Å². The molecule has 0 radical (unpaired) electrons. The van der Waals surface area contributed by atoms with Gasteiger partial charge in [0, 0.05) is 14.9 Å². The number of hydrogen-bond acceptors (Lipinski definition) is 2. The van der Waals surface area contributed by atoms with Gasteiger partial charge in [0.15, 0.2) is 5.78 Å². The molecule has 0 heterocycles. The topological polar surface area (TPSA) is 17.1 Å². The number of thioether (sulfide) groups is 1. The standard InChI is InChI=1S/C23H15BrF4OS/c1-14-2-10-19(11-3-14)30-21(22(29)15-4-7-17(24)8-5-15)12-16-6-9-18(25)13-20(16)23(26,27)28/h2-13H,1H3/b21-12+. The SMILES string of the molecule is Cc1ccc(S/C(=C/c2ccc(F)cc2C(F)(F)F)C(=O)c2ccc(Br)cc2)cc1. The van der Waals surface area contributed by atoms with Crippen LogP contribution < -0.4 is 0 Å². The Bertz CT molecular complexity index is 1090. The van der Waals surface area contributed by atoms with E-state index in [0.29, 0.717) is 16.5 Å². The molecule has 0 aliphatic rings. The summed E-state index contributed by atoms with van der Waals surface area (Å²) in [4.78, 5) is 13.9. The van der Waals surface area contributed by atoms with Gasteiger partial charge in [-0.25, -0.2) is 4.39 Å². The number of carbonyl (C=O) groups excluding carboxylic acids is 1. The molecule has 7 heteroatoms. The molecular formula is C23H15BrF4OS. The Morgan fingerprint density at radius 2 is 1.60 bits per heavy atom. The second-order valence-electron chi connectivity index (χ2n) is 6.49. The summed E-state index contributed by atoms with van der Waals surface area (Å²) in [5, 5.41) is 0. The van der Waals surface area contributed by atoms with Gasteiger partial charge in [-0.15, -0.1) is 0 Å². The van der Waals surface area contributed by atoms with Crippen molar-refractivity contribution in [3.05, 3.63) is 104 Å². The molecular weight excluding hydrogens is 480 g/mol. The Morgan fingerprint density at radius 3 is 2.20 bits per heavy atom. The van der Waals surface area contributed by atoms with Crippen LogP contribution in [0.3, 0.4) is 0 Å². The molecule has 3 rings (SSSR count). The third-order valence-electron chi connectivity index (χ3n) is 4.19. The molecule has 0 amide bonds. The van der Waals surface area contributed by atoms with Crippen molar-refractivity contribution in [2.24, 2.45) is 0 Å². The largest absolute Gasteiger partial charge is 0.417 e. The van der Waals surface area contributed by atoms with Gasteiger partial charge < -0.3 is 0 Å². The lowest BCUT2D eigenvalue weighted by molar-refractivity contribution is -0.137. The predicted octanol–water partition coefficient (Wildman–Crippen LogP) is 7.93. The van der Waals surface area contributed by atoms with Crippen molar-refractivity contribution in [1.29, 1.82) is 0 Å². The van der Waals surface area contributed by atoms with E-state index in [1.165, 1.54) is 0 Å². The first-order chi connectivity index (χ1) is 14.1. The van der Waals surface area contributed by atoms with E-state index in [1.54, 1.807) is 36.4 Å². The summed E-state index contributed by atoms with van der Waals surface area (Å²) in [6.45, 7) is 1.91. The molecule has 0 unspecified atom stereocenters. The van der Waals surface area contributed by atoms with E-state index in [1.807, 2.05) is 19.1 Å². The number of allylic oxidation sites excluding steroid dienone is 1. The molecule has 3 aromatic rings. The Hall–Kier alpha value is -2.38. The van der Waals surface area contributed by atoms with Crippen LogP contribution >= 0.6 is 27.7 Å². The average Bonchev–Trinajstić information content (AvgIpc) is 2.69. The van der Waals surface area contributed by atoms with Gasteiger partial charge in [0.2, 0.25) is 0 Å². The number of benzene rings is 3. The number of Topliss-reactive ketones (excluding diaryl/α,β-unsaturated/α-hetero) is 1. The van der Waals surface area contributed by atoms with Gasteiger partial charge >= 0.3 is 6.18 Å².